The summed E-state index contributed by atoms with van der Waals surface area (Å²) >= 11 is 0. The van der Waals surface area contributed by atoms with Crippen molar-refractivity contribution in [2.45, 2.75) is 13.5 Å². The van der Waals surface area contributed by atoms with Crippen LogP contribution in [0.25, 0.3) is 10.9 Å². The van der Waals surface area contributed by atoms with Crippen LogP contribution in [0, 0.1) is 0 Å². The number of benzene rings is 2. The Morgan fingerprint density at radius 1 is 1.12 bits per heavy atom. The Hall–Kier alpha value is -3.28. The Kier molecular flexibility index (Phi) is 4.93. The molecule has 1 aromatic heterocycles. The maximum absolute atomic E-state index is 12.4. The fourth-order valence-corrected chi connectivity index (χ4v) is 2.75. The van der Waals surface area contributed by atoms with E-state index in [2.05, 4.69) is 5.32 Å². The van der Waals surface area contributed by atoms with Gasteiger partial charge >= 0.3 is 0 Å². The number of anilines is 2. The highest BCUT2D eigenvalue weighted by molar-refractivity contribution is 5.93. The summed E-state index contributed by atoms with van der Waals surface area (Å²) in [7, 11) is 3.34. The van der Waals surface area contributed by atoms with Gasteiger partial charge in [0.25, 0.3) is 0 Å². The van der Waals surface area contributed by atoms with Gasteiger partial charge in [-0.2, -0.15) is 0 Å². The minimum Gasteiger partial charge on any atom is -0.497 e. The van der Waals surface area contributed by atoms with E-state index in [0.717, 1.165) is 22.3 Å². The zero-order valence-electron chi connectivity index (χ0n) is 15.0. The van der Waals surface area contributed by atoms with Crippen LogP contribution in [0.15, 0.2) is 54.7 Å². The van der Waals surface area contributed by atoms with Crippen LogP contribution in [-0.2, 0) is 16.1 Å². The zero-order chi connectivity index (χ0) is 18.7. The fraction of sp³-hybridized carbons (Fsp3) is 0.200. The van der Waals surface area contributed by atoms with E-state index in [1.54, 1.807) is 43.3 Å². The van der Waals surface area contributed by atoms with E-state index in [-0.39, 0.29) is 18.4 Å². The molecule has 0 radical (unpaired) electrons. The standard InChI is InChI=1S/C20H21N3O3/c1-14(24)22(2)17-6-4-16(5-7-17)21-20(25)13-23-11-10-15-12-18(26-3)8-9-19(15)23/h4-12H,13H2,1-3H3,(H,21,25). The molecule has 26 heavy (non-hydrogen) atoms. The molecule has 0 aliphatic rings. The minimum atomic E-state index is -0.119. The molecule has 0 aliphatic heterocycles. The Morgan fingerprint density at radius 3 is 2.50 bits per heavy atom. The van der Waals surface area contributed by atoms with Crippen LogP contribution in [0.4, 0.5) is 11.4 Å². The van der Waals surface area contributed by atoms with Gasteiger partial charge in [-0.3, -0.25) is 9.59 Å². The lowest BCUT2D eigenvalue weighted by atomic mass is 10.2. The Balaban J connectivity index is 1.68. The largest absolute Gasteiger partial charge is 0.497 e. The van der Waals surface area contributed by atoms with Crippen LogP contribution < -0.4 is 15.0 Å². The molecule has 6 heteroatoms. The van der Waals surface area contributed by atoms with Crippen molar-refractivity contribution in [3.05, 3.63) is 54.7 Å². The van der Waals surface area contributed by atoms with Gasteiger partial charge < -0.3 is 19.5 Å². The summed E-state index contributed by atoms with van der Waals surface area (Å²) in [6, 6.07) is 14.9. The Morgan fingerprint density at radius 2 is 1.85 bits per heavy atom. The molecule has 0 unspecified atom stereocenters. The first-order chi connectivity index (χ1) is 12.5. The number of carbonyl (C=O) groups excluding carboxylic acids is 2. The molecule has 0 fully saturated rings. The third-order valence-corrected chi connectivity index (χ3v) is 4.30. The third-order valence-electron chi connectivity index (χ3n) is 4.30. The number of nitrogens with one attached hydrogen (secondary N) is 1. The highest BCUT2D eigenvalue weighted by Crippen LogP contribution is 2.22. The summed E-state index contributed by atoms with van der Waals surface area (Å²) in [4.78, 5) is 25.3. The topological polar surface area (TPSA) is 63.6 Å². The maximum Gasteiger partial charge on any atom is 0.244 e. The number of carbonyl (C=O) groups is 2. The van der Waals surface area contributed by atoms with Gasteiger partial charge in [0.2, 0.25) is 11.8 Å². The fourth-order valence-electron chi connectivity index (χ4n) is 2.75. The summed E-state index contributed by atoms with van der Waals surface area (Å²) in [5.74, 6) is 0.624. The summed E-state index contributed by atoms with van der Waals surface area (Å²) in [5.41, 5.74) is 2.44. The van der Waals surface area contributed by atoms with E-state index in [1.807, 2.05) is 35.0 Å². The molecule has 0 saturated carbocycles. The number of rotatable bonds is 5. The summed E-state index contributed by atoms with van der Waals surface area (Å²) in [6.07, 6.45) is 1.88. The van der Waals surface area contributed by atoms with Crippen molar-refractivity contribution < 1.29 is 14.3 Å². The number of aromatic nitrogens is 1. The number of nitrogens with zero attached hydrogens (tertiary/aromatic N) is 2. The van der Waals surface area contributed by atoms with Crippen molar-refractivity contribution in [1.29, 1.82) is 0 Å². The molecule has 134 valence electrons. The van der Waals surface area contributed by atoms with Gasteiger partial charge in [-0.25, -0.2) is 0 Å². The first kappa shape index (κ1) is 17.5. The zero-order valence-corrected chi connectivity index (χ0v) is 15.0. The lowest BCUT2D eigenvalue weighted by Gasteiger charge is -2.15. The average molecular weight is 351 g/mol. The van der Waals surface area contributed by atoms with Gasteiger partial charge in [0.1, 0.15) is 12.3 Å². The van der Waals surface area contributed by atoms with Crippen molar-refractivity contribution in [1.82, 2.24) is 4.57 Å². The van der Waals surface area contributed by atoms with E-state index in [9.17, 15) is 9.59 Å². The molecule has 1 heterocycles. The summed E-state index contributed by atoms with van der Waals surface area (Å²) < 4.78 is 7.11. The number of ether oxygens (including phenoxy) is 1. The predicted octanol–water partition coefficient (Wildman–Crippen LogP) is 3.27. The second-order valence-corrected chi connectivity index (χ2v) is 6.04. The molecular weight excluding hydrogens is 330 g/mol. The van der Waals surface area contributed by atoms with Crippen LogP contribution in [0.1, 0.15) is 6.92 Å². The highest BCUT2D eigenvalue weighted by atomic mass is 16.5. The van der Waals surface area contributed by atoms with Crippen molar-refractivity contribution in [2.75, 3.05) is 24.4 Å². The molecular formula is C20H21N3O3. The van der Waals surface area contributed by atoms with E-state index in [0.29, 0.717) is 5.69 Å². The molecule has 2 aromatic carbocycles. The third kappa shape index (κ3) is 3.69. The summed E-state index contributed by atoms with van der Waals surface area (Å²) in [5, 5.41) is 3.90. The van der Waals surface area contributed by atoms with Gasteiger partial charge in [-0.05, 0) is 48.5 Å². The number of fused-ring (bicyclic) bond motifs is 1. The number of methoxy groups -OCH3 is 1. The number of amides is 2. The minimum absolute atomic E-state index is 0.0436. The molecule has 3 rings (SSSR count). The SMILES string of the molecule is COc1ccc2c(ccn2CC(=O)Nc2ccc(N(C)C(C)=O)cc2)c1. The second kappa shape index (κ2) is 7.31. The van der Waals surface area contributed by atoms with E-state index >= 15 is 0 Å². The first-order valence-corrected chi connectivity index (χ1v) is 8.25. The van der Waals surface area contributed by atoms with E-state index in [4.69, 9.17) is 4.74 Å². The highest BCUT2D eigenvalue weighted by Gasteiger charge is 2.09. The number of hydrogen-bond donors (Lipinski definition) is 1. The maximum atomic E-state index is 12.4. The van der Waals surface area contributed by atoms with Gasteiger partial charge in [0, 0.05) is 42.4 Å². The van der Waals surface area contributed by atoms with Crippen molar-refractivity contribution in [3.63, 3.8) is 0 Å². The smallest absolute Gasteiger partial charge is 0.244 e. The van der Waals surface area contributed by atoms with Crippen molar-refractivity contribution in [3.8, 4) is 5.75 Å². The molecule has 2 amide bonds. The Labute approximate surface area is 152 Å². The van der Waals surface area contributed by atoms with E-state index < -0.39 is 0 Å². The van der Waals surface area contributed by atoms with Crippen LogP contribution in [-0.4, -0.2) is 30.5 Å². The van der Waals surface area contributed by atoms with Crippen LogP contribution >= 0.6 is 0 Å². The van der Waals surface area contributed by atoms with Crippen molar-refractivity contribution in [2.24, 2.45) is 0 Å². The summed E-state index contributed by atoms with van der Waals surface area (Å²) in [6.45, 7) is 1.72. The number of hydrogen-bond acceptors (Lipinski definition) is 3. The monoisotopic (exact) mass is 351 g/mol. The average Bonchev–Trinajstić information content (AvgIpc) is 3.03. The molecule has 0 spiro atoms. The molecule has 0 atom stereocenters. The van der Waals surface area contributed by atoms with Gasteiger partial charge in [0.15, 0.2) is 0 Å². The first-order valence-electron chi connectivity index (χ1n) is 8.25. The molecule has 0 bridgehead atoms. The van der Waals surface area contributed by atoms with Crippen LogP contribution in [0.3, 0.4) is 0 Å². The van der Waals surface area contributed by atoms with Gasteiger partial charge in [-0.1, -0.05) is 0 Å². The Bertz CT molecular complexity index is 945. The molecule has 0 saturated heterocycles. The molecule has 3 aromatic rings. The van der Waals surface area contributed by atoms with E-state index in [1.165, 1.54) is 6.92 Å². The molecule has 0 aliphatic carbocycles. The van der Waals surface area contributed by atoms with Crippen LogP contribution in [0.2, 0.25) is 0 Å². The van der Waals surface area contributed by atoms with Gasteiger partial charge in [-0.15, -0.1) is 0 Å². The lowest BCUT2D eigenvalue weighted by molar-refractivity contribution is -0.117. The van der Waals surface area contributed by atoms with Gasteiger partial charge in [0.05, 0.1) is 7.11 Å². The predicted molar refractivity (Wildman–Crippen MR) is 103 cm³/mol. The molecule has 1 N–H and O–H groups in total. The second-order valence-electron chi connectivity index (χ2n) is 6.04. The molecule has 6 nitrogen and oxygen atoms in total. The normalized spacial score (nSPS) is 10.6. The quantitative estimate of drug-likeness (QED) is 0.767. The lowest BCUT2D eigenvalue weighted by Crippen LogP contribution is -2.22. The van der Waals surface area contributed by atoms with Crippen LogP contribution in [0.5, 0.6) is 5.75 Å². The van der Waals surface area contributed by atoms with Crippen molar-refractivity contribution >= 4 is 34.1 Å².